The molecular weight excluding hydrogens is 399 g/mol. The van der Waals surface area contributed by atoms with Crippen LogP contribution in [0.25, 0.3) is 0 Å². The molecule has 11 heteroatoms. The first-order chi connectivity index (χ1) is 13.3. The van der Waals surface area contributed by atoms with E-state index in [2.05, 4.69) is 20.6 Å². The number of nitro groups is 1. The summed E-state index contributed by atoms with van der Waals surface area (Å²) in [6, 6.07) is 10.8. The van der Waals surface area contributed by atoms with Crippen LogP contribution in [0, 0.1) is 10.1 Å². The van der Waals surface area contributed by atoms with E-state index >= 15 is 0 Å². The van der Waals surface area contributed by atoms with Crippen molar-refractivity contribution in [2.45, 2.75) is 6.18 Å². The number of hydrogen-bond acceptors (Lipinski definition) is 6. The predicted molar refractivity (Wildman–Crippen MR) is 98.1 cm³/mol. The van der Waals surface area contributed by atoms with E-state index in [1.807, 2.05) is 0 Å². The second-order valence-corrected chi connectivity index (χ2v) is 5.89. The van der Waals surface area contributed by atoms with Crippen LogP contribution in [-0.2, 0) is 6.18 Å². The van der Waals surface area contributed by atoms with Gasteiger partial charge in [-0.05, 0) is 30.3 Å². The Morgan fingerprint density at radius 1 is 1.00 bits per heavy atom. The van der Waals surface area contributed by atoms with Gasteiger partial charge in [0.1, 0.15) is 6.33 Å². The summed E-state index contributed by atoms with van der Waals surface area (Å²) in [5, 5.41) is 17.2. The highest BCUT2D eigenvalue weighted by atomic mass is 35.5. The molecule has 0 unspecified atom stereocenters. The molecule has 0 aliphatic heterocycles. The Labute approximate surface area is 161 Å². The zero-order chi connectivity index (χ0) is 20.3. The largest absolute Gasteiger partial charge is 0.416 e. The lowest BCUT2D eigenvalue weighted by Gasteiger charge is -2.12. The molecular formula is C17H11ClF3N5O2. The molecule has 0 atom stereocenters. The normalized spacial score (nSPS) is 11.1. The van der Waals surface area contributed by atoms with Gasteiger partial charge < -0.3 is 10.6 Å². The maximum Gasteiger partial charge on any atom is 0.416 e. The highest BCUT2D eigenvalue weighted by Gasteiger charge is 2.31. The van der Waals surface area contributed by atoms with Crippen LogP contribution in [0.3, 0.4) is 0 Å². The Morgan fingerprint density at radius 2 is 1.68 bits per heavy atom. The lowest BCUT2D eigenvalue weighted by Crippen LogP contribution is -2.07. The molecule has 0 amide bonds. The van der Waals surface area contributed by atoms with Gasteiger partial charge in [0.15, 0.2) is 0 Å². The van der Waals surface area contributed by atoms with E-state index in [-0.39, 0.29) is 17.3 Å². The standard InChI is InChI=1S/C17H11ClF3N5O2/c18-12-6-1-2-7-13(12)25-16-14(26(27)28)15(22-9-23-16)24-11-5-3-4-10(8-11)17(19,20)21/h1-9H,(H2,22,23,24,25). The lowest BCUT2D eigenvalue weighted by atomic mass is 10.2. The summed E-state index contributed by atoms with van der Waals surface area (Å²) in [6.07, 6.45) is -3.51. The van der Waals surface area contributed by atoms with Crippen molar-refractivity contribution in [1.82, 2.24) is 9.97 Å². The number of hydrogen-bond donors (Lipinski definition) is 2. The first kappa shape index (κ1) is 19.4. The number of alkyl halides is 3. The van der Waals surface area contributed by atoms with Gasteiger partial charge in [-0.25, -0.2) is 9.97 Å². The molecule has 3 aromatic rings. The van der Waals surface area contributed by atoms with Crippen LogP contribution in [0.4, 0.5) is 41.9 Å². The van der Waals surface area contributed by atoms with Gasteiger partial charge in [-0.2, -0.15) is 13.2 Å². The van der Waals surface area contributed by atoms with Crippen molar-refractivity contribution in [3.05, 3.63) is 75.6 Å². The summed E-state index contributed by atoms with van der Waals surface area (Å²) in [7, 11) is 0. The molecule has 144 valence electrons. The Bertz CT molecular complexity index is 1030. The highest BCUT2D eigenvalue weighted by molar-refractivity contribution is 6.33. The van der Waals surface area contributed by atoms with Gasteiger partial charge in [0, 0.05) is 5.69 Å². The summed E-state index contributed by atoms with van der Waals surface area (Å²) in [5.74, 6) is -0.434. The average molecular weight is 410 g/mol. The number of para-hydroxylation sites is 1. The molecule has 0 bridgehead atoms. The van der Waals surface area contributed by atoms with E-state index in [1.165, 1.54) is 12.1 Å². The summed E-state index contributed by atoms with van der Waals surface area (Å²) >= 11 is 6.04. The first-order valence-corrected chi connectivity index (χ1v) is 8.08. The Balaban J connectivity index is 1.98. The van der Waals surface area contributed by atoms with Gasteiger partial charge in [0.2, 0.25) is 11.6 Å². The molecule has 2 aromatic carbocycles. The minimum absolute atomic E-state index is 0.0136. The molecule has 0 spiro atoms. The molecule has 0 fully saturated rings. The van der Waals surface area contributed by atoms with E-state index in [0.717, 1.165) is 18.5 Å². The fraction of sp³-hybridized carbons (Fsp3) is 0.0588. The fourth-order valence-electron chi connectivity index (χ4n) is 2.33. The van der Waals surface area contributed by atoms with E-state index in [4.69, 9.17) is 11.6 Å². The number of rotatable bonds is 5. The van der Waals surface area contributed by atoms with Gasteiger partial charge >= 0.3 is 11.9 Å². The molecule has 0 saturated carbocycles. The van der Waals surface area contributed by atoms with Crippen molar-refractivity contribution in [1.29, 1.82) is 0 Å². The third kappa shape index (κ3) is 4.29. The van der Waals surface area contributed by atoms with Gasteiger partial charge in [0.25, 0.3) is 0 Å². The van der Waals surface area contributed by atoms with Gasteiger partial charge in [-0.15, -0.1) is 0 Å². The van der Waals surface area contributed by atoms with Crippen LogP contribution in [0.5, 0.6) is 0 Å². The Morgan fingerprint density at radius 3 is 2.32 bits per heavy atom. The Kier molecular flexibility index (Phi) is 5.32. The third-order valence-electron chi connectivity index (χ3n) is 3.58. The maximum atomic E-state index is 12.9. The number of aromatic nitrogens is 2. The molecule has 28 heavy (non-hydrogen) atoms. The van der Waals surface area contributed by atoms with Crippen LogP contribution in [0.15, 0.2) is 54.9 Å². The zero-order valence-corrected chi connectivity index (χ0v) is 14.6. The SMILES string of the molecule is O=[N+]([O-])c1c(Nc2cccc(C(F)(F)F)c2)ncnc1Nc1ccccc1Cl. The van der Waals surface area contributed by atoms with E-state index in [1.54, 1.807) is 24.3 Å². The number of halogens is 4. The minimum Gasteiger partial charge on any atom is -0.334 e. The monoisotopic (exact) mass is 409 g/mol. The fourth-order valence-corrected chi connectivity index (χ4v) is 2.52. The molecule has 3 rings (SSSR count). The zero-order valence-electron chi connectivity index (χ0n) is 13.9. The van der Waals surface area contributed by atoms with Crippen molar-refractivity contribution in [2.24, 2.45) is 0 Å². The van der Waals surface area contributed by atoms with Crippen LogP contribution in [0.2, 0.25) is 5.02 Å². The van der Waals surface area contributed by atoms with Crippen molar-refractivity contribution in [3.63, 3.8) is 0 Å². The topological polar surface area (TPSA) is 93.0 Å². The first-order valence-electron chi connectivity index (χ1n) is 7.71. The Hall–Kier alpha value is -3.40. The average Bonchev–Trinajstić information content (AvgIpc) is 2.63. The van der Waals surface area contributed by atoms with Gasteiger partial charge in [-0.3, -0.25) is 10.1 Å². The van der Waals surface area contributed by atoms with E-state index in [9.17, 15) is 23.3 Å². The molecule has 0 radical (unpaired) electrons. The smallest absolute Gasteiger partial charge is 0.334 e. The third-order valence-corrected chi connectivity index (χ3v) is 3.91. The van der Waals surface area contributed by atoms with Crippen LogP contribution in [-0.4, -0.2) is 14.9 Å². The second kappa shape index (κ2) is 7.69. The summed E-state index contributed by atoms with van der Waals surface area (Å²) < 4.78 is 38.6. The van der Waals surface area contributed by atoms with E-state index in [0.29, 0.717) is 10.7 Å². The summed E-state index contributed by atoms with van der Waals surface area (Å²) in [4.78, 5) is 18.5. The number of anilines is 4. The van der Waals surface area contributed by atoms with Crippen molar-refractivity contribution in [3.8, 4) is 0 Å². The molecule has 2 N–H and O–H groups in total. The molecule has 1 aromatic heterocycles. The van der Waals surface area contributed by atoms with Crippen molar-refractivity contribution < 1.29 is 18.1 Å². The number of benzene rings is 2. The van der Waals surface area contributed by atoms with Crippen LogP contribution in [0.1, 0.15) is 5.56 Å². The van der Waals surface area contributed by atoms with Crippen LogP contribution < -0.4 is 10.6 Å². The van der Waals surface area contributed by atoms with Gasteiger partial charge in [-0.1, -0.05) is 29.8 Å². The molecule has 7 nitrogen and oxygen atoms in total. The number of nitrogens with zero attached hydrogens (tertiary/aromatic N) is 3. The molecule has 0 saturated heterocycles. The summed E-state index contributed by atoms with van der Waals surface area (Å²) in [5.41, 5.74) is -1.08. The highest BCUT2D eigenvalue weighted by Crippen LogP contribution is 2.36. The quantitative estimate of drug-likeness (QED) is 0.424. The summed E-state index contributed by atoms with van der Waals surface area (Å²) in [6.45, 7) is 0. The predicted octanol–water partition coefficient (Wildman–Crippen LogP) is 5.54. The molecule has 0 aliphatic carbocycles. The van der Waals surface area contributed by atoms with Crippen molar-refractivity contribution in [2.75, 3.05) is 10.6 Å². The minimum atomic E-state index is -4.55. The maximum absolute atomic E-state index is 12.9. The van der Waals surface area contributed by atoms with Crippen LogP contribution >= 0.6 is 11.6 Å². The lowest BCUT2D eigenvalue weighted by molar-refractivity contribution is -0.383. The van der Waals surface area contributed by atoms with E-state index < -0.39 is 22.4 Å². The van der Waals surface area contributed by atoms with Crippen molar-refractivity contribution >= 4 is 40.3 Å². The molecule has 0 aliphatic rings. The number of nitrogens with one attached hydrogen (secondary N) is 2. The molecule has 1 heterocycles. The second-order valence-electron chi connectivity index (χ2n) is 5.49. The van der Waals surface area contributed by atoms with Gasteiger partial charge in [0.05, 0.1) is 21.2 Å².